The standard InChI is InChI=1S/C20H34N4O2S.HI/c1-6-21-19(24-13-11-16(2)12-14-24)22-15-17-9-7-8-10-18(17)27(25,26)23-20(3,4)5;/h7-10,16,23H,6,11-15H2,1-5H3,(H,21,22);1H. The van der Waals surface area contributed by atoms with Crippen molar-refractivity contribution in [2.45, 2.75) is 64.4 Å². The number of piperidine rings is 1. The molecule has 1 aliphatic heterocycles. The summed E-state index contributed by atoms with van der Waals surface area (Å²) in [6.45, 7) is 12.9. The van der Waals surface area contributed by atoms with Crippen LogP contribution in [0.2, 0.25) is 0 Å². The Bertz CT molecular complexity index is 752. The molecule has 0 radical (unpaired) electrons. The quantitative estimate of drug-likeness (QED) is 0.352. The second-order valence-electron chi connectivity index (χ2n) is 8.30. The smallest absolute Gasteiger partial charge is 0.241 e. The van der Waals surface area contributed by atoms with Crippen LogP contribution in [0.15, 0.2) is 34.2 Å². The zero-order valence-corrected chi connectivity index (χ0v) is 20.8. The summed E-state index contributed by atoms with van der Waals surface area (Å²) < 4.78 is 28.3. The molecule has 0 atom stereocenters. The van der Waals surface area contributed by atoms with Crippen molar-refractivity contribution in [2.75, 3.05) is 19.6 Å². The molecule has 1 saturated heterocycles. The molecule has 0 saturated carbocycles. The van der Waals surface area contributed by atoms with Crippen LogP contribution in [0.25, 0.3) is 0 Å². The van der Waals surface area contributed by atoms with Gasteiger partial charge in [0.2, 0.25) is 10.0 Å². The van der Waals surface area contributed by atoms with Gasteiger partial charge in [-0.2, -0.15) is 0 Å². The van der Waals surface area contributed by atoms with E-state index in [9.17, 15) is 8.42 Å². The minimum absolute atomic E-state index is 0. The van der Waals surface area contributed by atoms with E-state index in [2.05, 4.69) is 21.9 Å². The van der Waals surface area contributed by atoms with E-state index >= 15 is 0 Å². The molecule has 1 aliphatic rings. The van der Waals surface area contributed by atoms with Gasteiger partial charge in [0.05, 0.1) is 11.4 Å². The van der Waals surface area contributed by atoms with E-state index in [4.69, 9.17) is 4.99 Å². The third-order valence-corrected chi connectivity index (χ3v) is 6.38. The average molecular weight is 522 g/mol. The van der Waals surface area contributed by atoms with E-state index in [1.165, 1.54) is 0 Å². The molecule has 0 amide bonds. The SMILES string of the molecule is CCNC(=NCc1ccccc1S(=O)(=O)NC(C)(C)C)N1CCC(C)CC1.I. The number of hydrogen-bond acceptors (Lipinski definition) is 3. The van der Waals surface area contributed by atoms with E-state index < -0.39 is 15.6 Å². The molecule has 28 heavy (non-hydrogen) atoms. The molecule has 1 fully saturated rings. The number of guanidine groups is 1. The Kier molecular flexibility index (Phi) is 9.69. The third kappa shape index (κ3) is 7.51. The lowest BCUT2D eigenvalue weighted by Gasteiger charge is -2.33. The van der Waals surface area contributed by atoms with Gasteiger partial charge in [0.1, 0.15) is 0 Å². The number of likely N-dealkylation sites (tertiary alicyclic amines) is 1. The van der Waals surface area contributed by atoms with Crippen LogP contribution >= 0.6 is 24.0 Å². The number of aliphatic imine (C=N–C) groups is 1. The van der Waals surface area contributed by atoms with Crippen LogP contribution in [0.5, 0.6) is 0 Å². The summed E-state index contributed by atoms with van der Waals surface area (Å²) in [6.07, 6.45) is 2.32. The van der Waals surface area contributed by atoms with Gasteiger partial charge in [-0.1, -0.05) is 25.1 Å². The molecule has 0 spiro atoms. The van der Waals surface area contributed by atoms with Crippen molar-refractivity contribution >= 4 is 40.0 Å². The van der Waals surface area contributed by atoms with Gasteiger partial charge in [-0.3, -0.25) is 0 Å². The highest BCUT2D eigenvalue weighted by Crippen LogP contribution is 2.20. The second-order valence-corrected chi connectivity index (χ2v) is 9.95. The van der Waals surface area contributed by atoms with Crippen molar-refractivity contribution in [3.8, 4) is 0 Å². The summed E-state index contributed by atoms with van der Waals surface area (Å²) in [6, 6.07) is 7.09. The zero-order chi connectivity index (χ0) is 20.1. The first-order chi connectivity index (χ1) is 12.6. The van der Waals surface area contributed by atoms with Gasteiger partial charge < -0.3 is 10.2 Å². The van der Waals surface area contributed by atoms with E-state index in [0.29, 0.717) is 17.0 Å². The Hall–Kier alpha value is -0.870. The Morgan fingerprint density at radius 2 is 1.82 bits per heavy atom. The average Bonchev–Trinajstić information content (AvgIpc) is 2.57. The maximum atomic E-state index is 12.8. The van der Waals surface area contributed by atoms with Crippen LogP contribution in [-0.2, 0) is 16.6 Å². The molecule has 2 rings (SSSR count). The largest absolute Gasteiger partial charge is 0.357 e. The van der Waals surface area contributed by atoms with Crippen molar-refractivity contribution < 1.29 is 8.42 Å². The van der Waals surface area contributed by atoms with Gasteiger partial charge in [-0.15, -0.1) is 24.0 Å². The molecular formula is C20H35IN4O2S. The molecule has 1 aromatic rings. The maximum Gasteiger partial charge on any atom is 0.241 e. The van der Waals surface area contributed by atoms with Crippen LogP contribution in [-0.4, -0.2) is 44.5 Å². The molecule has 1 heterocycles. The Balaban J connectivity index is 0.00000392. The Labute approximate surface area is 187 Å². The molecule has 8 heteroatoms. The van der Waals surface area contributed by atoms with E-state index in [1.54, 1.807) is 12.1 Å². The van der Waals surface area contributed by atoms with E-state index in [0.717, 1.165) is 44.4 Å². The van der Waals surface area contributed by atoms with Crippen molar-refractivity contribution in [3.05, 3.63) is 29.8 Å². The van der Waals surface area contributed by atoms with Gasteiger partial charge in [-0.05, 0) is 58.1 Å². The molecule has 1 aromatic carbocycles. The number of sulfonamides is 1. The summed E-state index contributed by atoms with van der Waals surface area (Å²) >= 11 is 0. The third-order valence-electron chi connectivity index (χ3n) is 4.52. The van der Waals surface area contributed by atoms with Gasteiger partial charge in [0.25, 0.3) is 0 Å². The molecule has 0 aromatic heterocycles. The van der Waals surface area contributed by atoms with Crippen LogP contribution in [0.1, 0.15) is 53.0 Å². The predicted octanol–water partition coefficient (Wildman–Crippen LogP) is 3.58. The lowest BCUT2D eigenvalue weighted by Crippen LogP contribution is -2.45. The summed E-state index contributed by atoms with van der Waals surface area (Å²) in [4.78, 5) is 7.31. The first-order valence-corrected chi connectivity index (χ1v) is 11.3. The summed E-state index contributed by atoms with van der Waals surface area (Å²) in [5.74, 6) is 1.61. The number of nitrogens with one attached hydrogen (secondary N) is 2. The number of rotatable bonds is 5. The number of halogens is 1. The lowest BCUT2D eigenvalue weighted by molar-refractivity contribution is 0.273. The molecule has 2 N–H and O–H groups in total. The lowest BCUT2D eigenvalue weighted by atomic mass is 10.00. The fraction of sp³-hybridized carbons (Fsp3) is 0.650. The topological polar surface area (TPSA) is 73.8 Å². The Morgan fingerprint density at radius 1 is 1.21 bits per heavy atom. The maximum absolute atomic E-state index is 12.8. The molecule has 160 valence electrons. The van der Waals surface area contributed by atoms with Gasteiger partial charge in [-0.25, -0.2) is 18.1 Å². The summed E-state index contributed by atoms with van der Waals surface area (Å²) in [5.41, 5.74) is 0.171. The second kappa shape index (κ2) is 10.8. The highest BCUT2D eigenvalue weighted by Gasteiger charge is 2.24. The highest BCUT2D eigenvalue weighted by atomic mass is 127. The van der Waals surface area contributed by atoms with Crippen LogP contribution in [0.3, 0.4) is 0 Å². The fourth-order valence-electron chi connectivity index (χ4n) is 3.16. The summed E-state index contributed by atoms with van der Waals surface area (Å²) in [7, 11) is -3.59. The fourth-order valence-corrected chi connectivity index (χ4v) is 4.81. The van der Waals surface area contributed by atoms with Gasteiger partial charge in [0.15, 0.2) is 5.96 Å². The first kappa shape index (κ1) is 25.2. The molecular weight excluding hydrogens is 487 g/mol. The van der Waals surface area contributed by atoms with Crippen LogP contribution < -0.4 is 10.0 Å². The molecule has 0 aliphatic carbocycles. The van der Waals surface area contributed by atoms with Crippen LogP contribution in [0.4, 0.5) is 0 Å². The van der Waals surface area contributed by atoms with Crippen molar-refractivity contribution in [1.82, 2.24) is 14.9 Å². The minimum atomic E-state index is -3.59. The van der Waals surface area contributed by atoms with Crippen molar-refractivity contribution in [1.29, 1.82) is 0 Å². The normalized spacial score (nSPS) is 16.6. The predicted molar refractivity (Wildman–Crippen MR) is 127 cm³/mol. The minimum Gasteiger partial charge on any atom is -0.357 e. The number of nitrogens with zero attached hydrogens (tertiary/aromatic N) is 2. The van der Waals surface area contributed by atoms with Crippen LogP contribution in [0, 0.1) is 5.92 Å². The monoisotopic (exact) mass is 522 g/mol. The number of hydrogen-bond donors (Lipinski definition) is 2. The summed E-state index contributed by atoms with van der Waals surface area (Å²) in [5, 5.41) is 3.34. The highest BCUT2D eigenvalue weighted by molar-refractivity contribution is 14.0. The van der Waals surface area contributed by atoms with Gasteiger partial charge in [0, 0.05) is 25.2 Å². The first-order valence-electron chi connectivity index (χ1n) is 9.77. The van der Waals surface area contributed by atoms with Crippen molar-refractivity contribution in [3.63, 3.8) is 0 Å². The van der Waals surface area contributed by atoms with Gasteiger partial charge >= 0.3 is 0 Å². The number of benzene rings is 1. The van der Waals surface area contributed by atoms with Crippen molar-refractivity contribution in [2.24, 2.45) is 10.9 Å². The molecule has 0 bridgehead atoms. The Morgan fingerprint density at radius 3 is 2.39 bits per heavy atom. The van der Waals surface area contributed by atoms with E-state index in [1.807, 2.05) is 39.8 Å². The zero-order valence-electron chi connectivity index (χ0n) is 17.7. The van der Waals surface area contributed by atoms with E-state index in [-0.39, 0.29) is 24.0 Å². The molecule has 0 unspecified atom stereocenters. The molecule has 6 nitrogen and oxygen atoms in total.